The molecule has 24 heavy (non-hydrogen) atoms. The van der Waals surface area contributed by atoms with E-state index in [0.29, 0.717) is 5.41 Å². The summed E-state index contributed by atoms with van der Waals surface area (Å²) >= 11 is 3.69. The number of hydrogen-bond donors (Lipinski definition) is 1. The molecule has 1 aliphatic carbocycles. The Morgan fingerprint density at radius 3 is 1.79 bits per heavy atom. The summed E-state index contributed by atoms with van der Waals surface area (Å²) in [6.07, 6.45) is 4.90. The summed E-state index contributed by atoms with van der Waals surface area (Å²) in [7, 11) is -2.83. The number of halogens is 1. The molecule has 128 valence electrons. The molecule has 0 spiro atoms. The second kappa shape index (κ2) is 6.78. The summed E-state index contributed by atoms with van der Waals surface area (Å²) in [5.74, 6) is 0. The van der Waals surface area contributed by atoms with E-state index >= 15 is 0 Å². The lowest BCUT2D eigenvalue weighted by Gasteiger charge is -2.42. The van der Waals surface area contributed by atoms with Gasteiger partial charge >= 0.3 is 0 Å². The van der Waals surface area contributed by atoms with E-state index in [1.807, 2.05) is 36.4 Å². The van der Waals surface area contributed by atoms with Gasteiger partial charge in [-0.3, -0.25) is 0 Å². The highest BCUT2D eigenvalue weighted by Gasteiger charge is 2.51. The largest absolute Gasteiger partial charge is 0.424 e. The first-order valence-corrected chi connectivity index (χ1v) is 11.9. The van der Waals surface area contributed by atoms with Gasteiger partial charge in [-0.15, -0.1) is 0 Å². The molecule has 1 N–H and O–H groups in total. The van der Waals surface area contributed by atoms with E-state index in [4.69, 9.17) is 0 Å². The van der Waals surface area contributed by atoms with Gasteiger partial charge in [-0.05, 0) is 46.5 Å². The predicted octanol–water partition coefficient (Wildman–Crippen LogP) is 4.47. The Morgan fingerprint density at radius 1 is 0.958 bits per heavy atom. The monoisotopic (exact) mass is 402 g/mol. The number of hydrogen-bond acceptors (Lipinski definition) is 1. The molecule has 2 aromatic carbocycles. The van der Waals surface area contributed by atoms with Crippen molar-refractivity contribution in [2.75, 3.05) is 5.33 Å². The van der Waals surface area contributed by atoms with Crippen LogP contribution in [0.4, 0.5) is 0 Å². The van der Waals surface area contributed by atoms with Crippen LogP contribution < -0.4 is 10.4 Å². The third kappa shape index (κ3) is 3.26. The highest BCUT2D eigenvalue weighted by molar-refractivity contribution is 9.09. The van der Waals surface area contributed by atoms with Crippen molar-refractivity contribution >= 4 is 34.6 Å². The highest BCUT2D eigenvalue weighted by Crippen LogP contribution is 2.54. The van der Waals surface area contributed by atoms with Gasteiger partial charge < -0.3 is 4.80 Å². The molecule has 2 aromatic rings. The lowest BCUT2D eigenvalue weighted by Crippen LogP contribution is -2.65. The van der Waals surface area contributed by atoms with E-state index < -0.39 is 8.32 Å². The molecule has 0 bridgehead atoms. The van der Waals surface area contributed by atoms with Crippen LogP contribution in [0.3, 0.4) is 0 Å². The van der Waals surface area contributed by atoms with Crippen molar-refractivity contribution in [2.45, 2.75) is 44.6 Å². The van der Waals surface area contributed by atoms with E-state index in [1.165, 1.54) is 19.3 Å². The molecule has 0 atom stereocenters. The van der Waals surface area contributed by atoms with Crippen molar-refractivity contribution in [3.63, 3.8) is 0 Å². The van der Waals surface area contributed by atoms with E-state index in [9.17, 15) is 4.80 Å². The topological polar surface area (TPSA) is 20.2 Å². The predicted molar refractivity (Wildman–Crippen MR) is 109 cm³/mol. The van der Waals surface area contributed by atoms with Crippen molar-refractivity contribution in [3.05, 3.63) is 60.7 Å². The van der Waals surface area contributed by atoms with Crippen LogP contribution >= 0.6 is 15.9 Å². The Hall–Kier alpha value is -0.903. The van der Waals surface area contributed by atoms with Crippen LogP contribution in [0, 0.1) is 5.41 Å². The zero-order chi connectivity index (χ0) is 17.3. The molecule has 1 nitrogen and oxygen atoms in total. The second-order valence-electron chi connectivity index (χ2n) is 7.96. The zero-order valence-corrected chi connectivity index (χ0v) is 17.2. The van der Waals surface area contributed by atoms with Gasteiger partial charge in [0.15, 0.2) is 0 Å². The summed E-state index contributed by atoms with van der Waals surface area (Å²) < 4.78 is 0. The fourth-order valence-electron chi connectivity index (χ4n) is 3.69. The van der Waals surface area contributed by atoms with Crippen molar-refractivity contribution in [1.82, 2.24) is 0 Å². The highest BCUT2D eigenvalue weighted by atomic mass is 79.9. The normalized spacial score (nSPS) is 16.8. The third-order valence-corrected chi connectivity index (χ3v) is 11.6. The fourth-order valence-corrected chi connectivity index (χ4v) is 8.27. The Kier molecular flexibility index (Phi) is 5.06. The van der Waals surface area contributed by atoms with Crippen LogP contribution in [0.2, 0.25) is 5.04 Å². The van der Waals surface area contributed by atoms with Gasteiger partial charge in [0.25, 0.3) is 8.32 Å². The molecule has 3 rings (SSSR count). The molecule has 0 aliphatic heterocycles. The van der Waals surface area contributed by atoms with E-state index in [2.05, 4.69) is 54.0 Å². The number of benzene rings is 2. The first-order chi connectivity index (χ1) is 11.4. The van der Waals surface area contributed by atoms with Gasteiger partial charge in [-0.1, -0.05) is 90.4 Å². The maximum absolute atomic E-state index is 12.1. The van der Waals surface area contributed by atoms with Crippen LogP contribution in [-0.2, 0) is 0 Å². The molecule has 0 amide bonds. The van der Waals surface area contributed by atoms with Crippen molar-refractivity contribution < 1.29 is 4.80 Å². The van der Waals surface area contributed by atoms with Gasteiger partial charge in [0, 0.05) is 5.33 Å². The summed E-state index contributed by atoms with van der Waals surface area (Å²) in [5, 5.41) is 3.20. The van der Waals surface area contributed by atoms with E-state index in [0.717, 1.165) is 22.1 Å². The average Bonchev–Trinajstić information content (AvgIpc) is 3.41. The van der Waals surface area contributed by atoms with Crippen molar-refractivity contribution in [2.24, 2.45) is 5.41 Å². The van der Waals surface area contributed by atoms with Gasteiger partial charge in [0.2, 0.25) is 0 Å². The maximum atomic E-state index is 12.1. The second-order valence-corrected chi connectivity index (χ2v) is 12.4. The smallest absolute Gasteiger partial charge is 0.258 e. The van der Waals surface area contributed by atoms with Crippen LogP contribution in [0.25, 0.3) is 0 Å². The molecule has 0 heterocycles. The van der Waals surface area contributed by atoms with Gasteiger partial charge in [0.1, 0.15) is 0 Å². The maximum Gasteiger partial charge on any atom is 0.258 e. The van der Waals surface area contributed by atoms with E-state index in [-0.39, 0.29) is 5.04 Å². The molecular weight excluding hydrogens is 376 g/mol. The van der Waals surface area contributed by atoms with Crippen LogP contribution in [-0.4, -0.2) is 18.4 Å². The van der Waals surface area contributed by atoms with Crippen LogP contribution in [0.5, 0.6) is 0 Å². The fraction of sp³-hybridized carbons (Fsp3) is 0.429. The van der Waals surface area contributed by atoms with Crippen molar-refractivity contribution in [1.29, 1.82) is 0 Å². The first kappa shape index (κ1) is 17.9. The summed E-state index contributed by atoms with van der Waals surface area (Å²) in [4.78, 5) is 12.1. The number of rotatable bonds is 7. The van der Waals surface area contributed by atoms with Crippen molar-refractivity contribution in [3.8, 4) is 0 Å². The molecule has 0 saturated heterocycles. The molecule has 0 unspecified atom stereocenters. The Bertz CT molecular complexity index is 625. The Morgan fingerprint density at radius 2 is 1.42 bits per heavy atom. The molecule has 0 radical (unpaired) electrons. The third-order valence-electron chi connectivity index (χ3n) is 5.88. The minimum Gasteiger partial charge on any atom is -0.424 e. The Balaban J connectivity index is 1.98. The first-order valence-electron chi connectivity index (χ1n) is 8.83. The number of alkyl halides is 1. The molecule has 0 aromatic heterocycles. The van der Waals surface area contributed by atoms with Crippen LogP contribution in [0.1, 0.15) is 39.5 Å². The van der Waals surface area contributed by atoms with Gasteiger partial charge in [0.05, 0.1) is 0 Å². The molecular formula is C21H27BrOSi. The quantitative estimate of drug-likeness (QED) is 0.534. The zero-order valence-electron chi connectivity index (χ0n) is 14.6. The van der Waals surface area contributed by atoms with Gasteiger partial charge in [-0.2, -0.15) is 0 Å². The van der Waals surface area contributed by atoms with Gasteiger partial charge in [-0.25, -0.2) is 0 Å². The lowest BCUT2D eigenvalue weighted by atomic mass is 9.96. The SMILES string of the molecule is CC(C)(CCC1(CBr)CC1)[Si](O)(c1ccccc1)c1ccccc1. The minimum atomic E-state index is -2.83. The summed E-state index contributed by atoms with van der Waals surface area (Å²) in [6, 6.07) is 20.7. The summed E-state index contributed by atoms with van der Waals surface area (Å²) in [5.41, 5.74) is 0.486. The summed E-state index contributed by atoms with van der Waals surface area (Å²) in [6.45, 7) is 4.53. The molecule has 1 aliphatic rings. The molecule has 3 heteroatoms. The standard InChI is InChI=1S/C21H27BrOSi/c1-20(2,13-14-21(17-22)15-16-21)24(23,18-9-5-3-6-10-18)19-11-7-4-8-12-19/h3-12,23H,13-17H2,1-2H3. The molecule has 1 saturated carbocycles. The minimum absolute atomic E-state index is 0.118. The van der Waals surface area contributed by atoms with Crippen LogP contribution in [0.15, 0.2) is 60.7 Å². The lowest BCUT2D eigenvalue weighted by molar-refractivity contribution is 0.409. The van der Waals surface area contributed by atoms with E-state index in [1.54, 1.807) is 0 Å². The Labute approximate surface area is 155 Å². The average molecular weight is 403 g/mol. The molecule has 1 fully saturated rings.